The van der Waals surface area contributed by atoms with Gasteiger partial charge in [-0.2, -0.15) is 0 Å². The quantitative estimate of drug-likeness (QED) is 0.537. The molecule has 2 aliphatic rings. The van der Waals surface area contributed by atoms with Crippen molar-refractivity contribution in [1.29, 1.82) is 0 Å². The highest BCUT2D eigenvalue weighted by molar-refractivity contribution is 5.49. The zero-order valence-corrected chi connectivity index (χ0v) is 7.12. The smallest absolute Gasteiger partial charge is 0.0664 e. The fraction of sp³-hybridized carbons (Fsp3) is 0.364. The van der Waals surface area contributed by atoms with Gasteiger partial charge in [-0.15, -0.1) is 0 Å². The van der Waals surface area contributed by atoms with E-state index in [-0.39, 0.29) is 0 Å². The first-order valence-electron chi connectivity index (χ1n) is 4.50. The number of fused-ring (bicyclic) bond motifs is 2. The lowest BCUT2D eigenvalue weighted by atomic mass is 10.1. The molecule has 1 aromatic rings. The minimum absolute atomic E-state index is 0.812. The molecule has 1 fully saturated rings. The van der Waals surface area contributed by atoms with Crippen LogP contribution in [-0.2, 0) is 0 Å². The van der Waals surface area contributed by atoms with E-state index in [1.165, 1.54) is 22.6 Å². The summed E-state index contributed by atoms with van der Waals surface area (Å²) in [6, 6.07) is 2.09. The first kappa shape index (κ1) is 6.41. The van der Waals surface area contributed by atoms with Crippen LogP contribution in [0.25, 0.3) is 12.2 Å². The summed E-state index contributed by atoms with van der Waals surface area (Å²) in [6.45, 7) is 2.16. The summed E-state index contributed by atoms with van der Waals surface area (Å²) in [7, 11) is 0. The van der Waals surface area contributed by atoms with Crippen molar-refractivity contribution in [2.75, 3.05) is 0 Å². The summed E-state index contributed by atoms with van der Waals surface area (Å²) in [5, 5.41) is 2.57. The molecule has 60 valence electrons. The molecule has 1 nitrogen and oxygen atoms in total. The SMILES string of the molecule is Cc1ccnc2c1=CC1CC1C=2. The average molecular weight is 157 g/mol. The molecule has 3 rings (SSSR count). The van der Waals surface area contributed by atoms with Gasteiger partial charge in [-0.05, 0) is 42.0 Å². The fourth-order valence-corrected chi connectivity index (χ4v) is 1.98. The monoisotopic (exact) mass is 157 g/mol. The molecule has 0 amide bonds. The molecule has 0 N–H and O–H groups in total. The van der Waals surface area contributed by atoms with E-state index in [0.717, 1.165) is 11.8 Å². The van der Waals surface area contributed by atoms with Crippen LogP contribution in [0.1, 0.15) is 12.0 Å². The highest BCUT2D eigenvalue weighted by Gasteiger charge is 2.34. The Morgan fingerprint density at radius 3 is 3.08 bits per heavy atom. The first-order valence-corrected chi connectivity index (χ1v) is 4.50. The molecule has 0 aliphatic heterocycles. The molecule has 2 unspecified atom stereocenters. The number of pyridine rings is 1. The minimum atomic E-state index is 0.812. The predicted molar refractivity (Wildman–Crippen MR) is 48.8 cm³/mol. The number of hydrogen-bond acceptors (Lipinski definition) is 1. The largest absolute Gasteiger partial charge is 0.257 e. The van der Waals surface area contributed by atoms with Gasteiger partial charge in [0.1, 0.15) is 0 Å². The summed E-state index contributed by atoms with van der Waals surface area (Å²) >= 11 is 0. The molecule has 0 spiro atoms. The molecule has 2 aliphatic carbocycles. The van der Waals surface area contributed by atoms with Gasteiger partial charge in [0.2, 0.25) is 0 Å². The van der Waals surface area contributed by atoms with Crippen molar-refractivity contribution < 1.29 is 0 Å². The number of nitrogens with zero attached hydrogens (tertiary/aromatic N) is 1. The van der Waals surface area contributed by atoms with E-state index >= 15 is 0 Å². The molecule has 1 heterocycles. The Bertz CT molecular complexity index is 445. The highest BCUT2D eigenvalue weighted by atomic mass is 14.6. The summed E-state index contributed by atoms with van der Waals surface area (Å²) in [6.07, 6.45) is 7.96. The topological polar surface area (TPSA) is 12.9 Å². The van der Waals surface area contributed by atoms with Gasteiger partial charge >= 0.3 is 0 Å². The summed E-state index contributed by atoms with van der Waals surface area (Å²) in [5.74, 6) is 1.65. The number of hydrogen-bond donors (Lipinski definition) is 0. The van der Waals surface area contributed by atoms with Crippen LogP contribution < -0.4 is 10.6 Å². The van der Waals surface area contributed by atoms with Crippen molar-refractivity contribution >= 4 is 12.2 Å². The molecule has 1 heteroatoms. The summed E-state index contributed by atoms with van der Waals surface area (Å²) < 4.78 is 0. The third kappa shape index (κ3) is 0.765. The van der Waals surface area contributed by atoms with Crippen LogP contribution in [0.4, 0.5) is 0 Å². The Morgan fingerprint density at radius 2 is 2.17 bits per heavy atom. The Kier molecular flexibility index (Phi) is 1.06. The second-order valence-corrected chi connectivity index (χ2v) is 3.82. The standard InChI is InChI=1S/C11H11N/c1-7-2-3-12-11-6-9-4-8(9)5-10(7)11/h2-3,5-6,8-9H,4H2,1H3. The predicted octanol–water partition coefficient (Wildman–Crippen LogP) is 0.601. The maximum absolute atomic E-state index is 4.37. The van der Waals surface area contributed by atoms with Crippen LogP contribution in [0, 0.1) is 18.8 Å². The average Bonchev–Trinajstić information content (AvgIpc) is 2.79. The summed E-state index contributed by atoms with van der Waals surface area (Å²) in [5.41, 5.74) is 1.36. The van der Waals surface area contributed by atoms with Crippen LogP contribution in [-0.4, -0.2) is 4.98 Å². The van der Waals surface area contributed by atoms with E-state index in [1.807, 2.05) is 6.20 Å². The van der Waals surface area contributed by atoms with Gasteiger partial charge < -0.3 is 0 Å². The molecule has 1 saturated carbocycles. The minimum Gasteiger partial charge on any atom is -0.257 e. The van der Waals surface area contributed by atoms with Crippen LogP contribution in [0.2, 0.25) is 0 Å². The normalized spacial score (nSPS) is 29.4. The molecule has 12 heavy (non-hydrogen) atoms. The molecule has 0 aromatic carbocycles. The maximum Gasteiger partial charge on any atom is 0.0664 e. The molecule has 0 saturated heterocycles. The van der Waals surface area contributed by atoms with Gasteiger partial charge in [0.15, 0.2) is 0 Å². The third-order valence-electron chi connectivity index (χ3n) is 2.88. The lowest BCUT2D eigenvalue weighted by molar-refractivity contribution is 1.02. The fourth-order valence-electron chi connectivity index (χ4n) is 1.98. The molecular formula is C11H11N. The Labute approximate surface area is 71.4 Å². The highest BCUT2D eigenvalue weighted by Crippen LogP contribution is 2.41. The molecule has 0 radical (unpaired) electrons. The van der Waals surface area contributed by atoms with Crippen LogP contribution in [0.3, 0.4) is 0 Å². The van der Waals surface area contributed by atoms with Gasteiger partial charge in [-0.3, -0.25) is 4.98 Å². The van der Waals surface area contributed by atoms with Gasteiger partial charge in [-0.1, -0.05) is 12.2 Å². The van der Waals surface area contributed by atoms with Gasteiger partial charge in [0.25, 0.3) is 0 Å². The number of aryl methyl sites for hydroxylation is 1. The van der Waals surface area contributed by atoms with E-state index in [2.05, 4.69) is 30.1 Å². The van der Waals surface area contributed by atoms with Crippen molar-refractivity contribution in [2.24, 2.45) is 11.8 Å². The zero-order valence-electron chi connectivity index (χ0n) is 7.12. The Morgan fingerprint density at radius 1 is 1.33 bits per heavy atom. The Balaban J connectivity index is 2.44. The lowest BCUT2D eigenvalue weighted by Gasteiger charge is -2.00. The van der Waals surface area contributed by atoms with Crippen molar-refractivity contribution in [3.05, 3.63) is 28.4 Å². The molecular weight excluding hydrogens is 146 g/mol. The number of rotatable bonds is 0. The Hall–Kier alpha value is -1.11. The van der Waals surface area contributed by atoms with Crippen LogP contribution in [0.5, 0.6) is 0 Å². The lowest BCUT2D eigenvalue weighted by Crippen LogP contribution is -2.32. The maximum atomic E-state index is 4.37. The number of aromatic nitrogens is 1. The molecule has 1 aromatic heterocycles. The van der Waals surface area contributed by atoms with E-state index in [4.69, 9.17) is 0 Å². The van der Waals surface area contributed by atoms with E-state index in [0.29, 0.717) is 0 Å². The van der Waals surface area contributed by atoms with Gasteiger partial charge in [0, 0.05) is 6.20 Å². The van der Waals surface area contributed by atoms with Crippen LogP contribution in [0.15, 0.2) is 12.3 Å². The van der Waals surface area contributed by atoms with Crippen molar-refractivity contribution in [2.45, 2.75) is 13.3 Å². The van der Waals surface area contributed by atoms with Crippen molar-refractivity contribution in [3.63, 3.8) is 0 Å². The molecule has 2 atom stereocenters. The summed E-state index contributed by atoms with van der Waals surface area (Å²) in [4.78, 5) is 4.37. The van der Waals surface area contributed by atoms with E-state index < -0.39 is 0 Å². The van der Waals surface area contributed by atoms with Crippen molar-refractivity contribution in [1.82, 2.24) is 4.98 Å². The molecule has 0 bridgehead atoms. The first-order chi connectivity index (χ1) is 5.84. The third-order valence-corrected chi connectivity index (χ3v) is 2.88. The van der Waals surface area contributed by atoms with Gasteiger partial charge in [0.05, 0.1) is 5.35 Å². The van der Waals surface area contributed by atoms with Gasteiger partial charge in [-0.25, -0.2) is 0 Å². The van der Waals surface area contributed by atoms with Crippen molar-refractivity contribution in [3.8, 4) is 0 Å². The zero-order chi connectivity index (χ0) is 8.13. The second kappa shape index (κ2) is 1.98. The van der Waals surface area contributed by atoms with E-state index in [1.54, 1.807) is 0 Å². The van der Waals surface area contributed by atoms with Crippen LogP contribution >= 0.6 is 0 Å². The second-order valence-electron chi connectivity index (χ2n) is 3.82. The van der Waals surface area contributed by atoms with E-state index in [9.17, 15) is 0 Å².